The maximum absolute atomic E-state index is 12.5. The van der Waals surface area contributed by atoms with Crippen molar-refractivity contribution in [3.05, 3.63) is 76.4 Å². The number of hydrogen-bond acceptors (Lipinski definition) is 3. The van der Waals surface area contributed by atoms with Crippen molar-refractivity contribution in [3.8, 4) is 5.75 Å². The van der Waals surface area contributed by atoms with Gasteiger partial charge in [0.2, 0.25) is 0 Å². The van der Waals surface area contributed by atoms with E-state index < -0.39 is 0 Å². The third-order valence-electron chi connectivity index (χ3n) is 4.25. The molecule has 0 aromatic heterocycles. The number of benzene rings is 2. The number of ether oxygens (including phenoxy) is 1. The predicted octanol–water partition coefficient (Wildman–Crippen LogP) is 3.94. The smallest absolute Gasteiger partial charge is 0.189 e. The molecule has 2 aromatic carbocycles. The van der Waals surface area contributed by atoms with E-state index >= 15 is 0 Å². The van der Waals surface area contributed by atoms with E-state index in [0.29, 0.717) is 23.1 Å². The Morgan fingerprint density at radius 3 is 2.39 bits per heavy atom. The standard InChI is InChI=1S/C20H18O3/c1-13-11-16(23-2)10-9-14(13)7-8-15-12-19(21)17-5-3-4-6-18(17)20(15)22/h3-6,9-12H,7-8H2,1-2H3. The summed E-state index contributed by atoms with van der Waals surface area (Å²) in [7, 11) is 1.64. The minimum Gasteiger partial charge on any atom is -0.497 e. The summed E-state index contributed by atoms with van der Waals surface area (Å²) in [4.78, 5) is 24.7. The molecule has 0 bridgehead atoms. The van der Waals surface area contributed by atoms with E-state index in [4.69, 9.17) is 4.74 Å². The largest absolute Gasteiger partial charge is 0.497 e. The molecule has 3 nitrogen and oxygen atoms in total. The summed E-state index contributed by atoms with van der Waals surface area (Å²) in [6.07, 6.45) is 2.78. The van der Waals surface area contributed by atoms with Gasteiger partial charge in [-0.25, -0.2) is 0 Å². The number of aryl methyl sites for hydroxylation is 2. The van der Waals surface area contributed by atoms with Crippen molar-refractivity contribution in [1.29, 1.82) is 0 Å². The van der Waals surface area contributed by atoms with Gasteiger partial charge in [-0.15, -0.1) is 0 Å². The van der Waals surface area contributed by atoms with Crippen molar-refractivity contribution in [2.75, 3.05) is 7.11 Å². The monoisotopic (exact) mass is 306 g/mol. The summed E-state index contributed by atoms with van der Waals surface area (Å²) in [5.41, 5.74) is 3.89. The van der Waals surface area contributed by atoms with Crippen molar-refractivity contribution in [2.45, 2.75) is 19.8 Å². The Morgan fingerprint density at radius 2 is 1.70 bits per heavy atom. The number of Topliss-reactive ketones (excluding diaryl/α,β-unsaturated/α-hetero) is 1. The number of rotatable bonds is 4. The summed E-state index contributed by atoms with van der Waals surface area (Å²) in [5, 5.41) is 0. The first-order valence-corrected chi connectivity index (χ1v) is 7.62. The van der Waals surface area contributed by atoms with Crippen molar-refractivity contribution in [1.82, 2.24) is 0 Å². The molecule has 1 aliphatic rings. The van der Waals surface area contributed by atoms with Gasteiger partial charge in [-0.1, -0.05) is 30.3 Å². The lowest BCUT2D eigenvalue weighted by atomic mass is 9.86. The second-order valence-corrected chi connectivity index (χ2v) is 5.70. The summed E-state index contributed by atoms with van der Waals surface area (Å²) in [6.45, 7) is 2.02. The van der Waals surface area contributed by atoms with Crippen LogP contribution in [-0.2, 0) is 6.42 Å². The molecule has 3 rings (SSSR count). The Labute approximate surface area is 135 Å². The quantitative estimate of drug-likeness (QED) is 0.859. The van der Waals surface area contributed by atoms with Gasteiger partial charge in [0.15, 0.2) is 11.6 Å². The summed E-state index contributed by atoms with van der Waals surface area (Å²) >= 11 is 0. The van der Waals surface area contributed by atoms with Gasteiger partial charge in [-0.3, -0.25) is 9.59 Å². The molecule has 3 heteroatoms. The summed E-state index contributed by atoms with van der Waals surface area (Å²) in [5.74, 6) is 0.705. The Hall–Kier alpha value is -2.68. The average Bonchev–Trinajstić information content (AvgIpc) is 2.57. The van der Waals surface area contributed by atoms with Crippen LogP contribution in [0.4, 0.5) is 0 Å². The van der Waals surface area contributed by atoms with E-state index in [1.165, 1.54) is 6.08 Å². The van der Waals surface area contributed by atoms with Crippen molar-refractivity contribution < 1.29 is 14.3 Å². The lowest BCUT2D eigenvalue weighted by Gasteiger charge is -2.15. The first-order valence-electron chi connectivity index (χ1n) is 7.62. The molecule has 0 spiro atoms. The highest BCUT2D eigenvalue weighted by molar-refractivity contribution is 6.24. The number of hydrogen-bond donors (Lipinski definition) is 0. The minimum absolute atomic E-state index is 0.0358. The van der Waals surface area contributed by atoms with E-state index in [9.17, 15) is 9.59 Å². The zero-order valence-electron chi connectivity index (χ0n) is 13.3. The highest BCUT2D eigenvalue weighted by Gasteiger charge is 2.24. The fourth-order valence-corrected chi connectivity index (χ4v) is 2.90. The molecule has 0 saturated heterocycles. The van der Waals surface area contributed by atoms with E-state index in [2.05, 4.69) is 0 Å². The van der Waals surface area contributed by atoms with Crippen LogP contribution in [0.2, 0.25) is 0 Å². The van der Waals surface area contributed by atoms with E-state index in [-0.39, 0.29) is 11.6 Å². The minimum atomic E-state index is -0.0818. The zero-order chi connectivity index (χ0) is 16.4. The van der Waals surface area contributed by atoms with Crippen LogP contribution in [0.3, 0.4) is 0 Å². The van der Waals surface area contributed by atoms with Gasteiger partial charge < -0.3 is 4.74 Å². The molecule has 2 aromatic rings. The molecule has 0 heterocycles. The third-order valence-corrected chi connectivity index (χ3v) is 4.25. The van der Waals surface area contributed by atoms with Gasteiger partial charge in [0.25, 0.3) is 0 Å². The van der Waals surface area contributed by atoms with E-state index in [0.717, 1.165) is 23.3 Å². The topological polar surface area (TPSA) is 43.4 Å². The molecule has 0 fully saturated rings. The van der Waals surface area contributed by atoms with Crippen LogP contribution in [0.15, 0.2) is 54.1 Å². The van der Waals surface area contributed by atoms with Crippen LogP contribution in [0.25, 0.3) is 0 Å². The third kappa shape index (κ3) is 2.95. The molecule has 23 heavy (non-hydrogen) atoms. The lowest BCUT2D eigenvalue weighted by Crippen LogP contribution is -2.17. The second-order valence-electron chi connectivity index (χ2n) is 5.70. The molecule has 0 saturated carbocycles. The van der Waals surface area contributed by atoms with Gasteiger partial charge in [0.05, 0.1) is 7.11 Å². The number of carbonyl (C=O) groups is 2. The average molecular weight is 306 g/mol. The molecular formula is C20H18O3. The van der Waals surface area contributed by atoms with Crippen LogP contribution in [0, 0.1) is 6.92 Å². The molecule has 116 valence electrons. The number of carbonyl (C=O) groups excluding carboxylic acids is 2. The van der Waals surface area contributed by atoms with Crippen molar-refractivity contribution in [3.63, 3.8) is 0 Å². The first kappa shape index (κ1) is 15.2. The summed E-state index contributed by atoms with van der Waals surface area (Å²) < 4.78 is 5.20. The maximum Gasteiger partial charge on any atom is 0.189 e. The lowest BCUT2D eigenvalue weighted by molar-refractivity contribution is 0.0981. The molecule has 1 aliphatic carbocycles. The Kier molecular flexibility index (Phi) is 4.11. The predicted molar refractivity (Wildman–Crippen MR) is 89.2 cm³/mol. The van der Waals surface area contributed by atoms with Gasteiger partial charge >= 0.3 is 0 Å². The Balaban J connectivity index is 1.79. The SMILES string of the molecule is COc1ccc(CCC2=CC(=O)c3ccccc3C2=O)c(C)c1. The van der Waals surface area contributed by atoms with Crippen LogP contribution in [-0.4, -0.2) is 18.7 Å². The summed E-state index contributed by atoms with van der Waals surface area (Å²) in [6, 6.07) is 12.9. The molecule has 0 unspecified atom stereocenters. The first-order chi connectivity index (χ1) is 11.1. The highest BCUT2D eigenvalue weighted by atomic mass is 16.5. The fourth-order valence-electron chi connectivity index (χ4n) is 2.90. The van der Waals surface area contributed by atoms with Crippen LogP contribution in [0.1, 0.15) is 38.3 Å². The normalized spacial score (nSPS) is 13.6. The Bertz CT molecular complexity index is 815. The Morgan fingerprint density at radius 1 is 0.957 bits per heavy atom. The van der Waals surface area contributed by atoms with Gasteiger partial charge in [0.1, 0.15) is 5.75 Å². The van der Waals surface area contributed by atoms with Crippen LogP contribution < -0.4 is 4.74 Å². The van der Waals surface area contributed by atoms with Gasteiger partial charge in [0, 0.05) is 16.7 Å². The van der Waals surface area contributed by atoms with E-state index in [1.807, 2.05) is 25.1 Å². The number of ketones is 2. The molecule has 0 atom stereocenters. The van der Waals surface area contributed by atoms with Crippen LogP contribution >= 0.6 is 0 Å². The molecular weight excluding hydrogens is 288 g/mol. The number of fused-ring (bicyclic) bond motifs is 1. The molecule has 0 aliphatic heterocycles. The maximum atomic E-state index is 12.5. The molecule has 0 radical (unpaired) electrons. The number of allylic oxidation sites excluding steroid dienone is 2. The van der Waals surface area contributed by atoms with Crippen molar-refractivity contribution >= 4 is 11.6 Å². The highest BCUT2D eigenvalue weighted by Crippen LogP contribution is 2.25. The molecule has 0 N–H and O–H groups in total. The van der Waals surface area contributed by atoms with Crippen molar-refractivity contribution in [2.24, 2.45) is 0 Å². The van der Waals surface area contributed by atoms with E-state index in [1.54, 1.807) is 31.4 Å². The van der Waals surface area contributed by atoms with Gasteiger partial charge in [-0.05, 0) is 49.1 Å². The number of methoxy groups -OCH3 is 1. The fraction of sp³-hybridized carbons (Fsp3) is 0.200. The van der Waals surface area contributed by atoms with Gasteiger partial charge in [-0.2, -0.15) is 0 Å². The van der Waals surface area contributed by atoms with Crippen LogP contribution in [0.5, 0.6) is 5.75 Å². The second kappa shape index (κ2) is 6.21. The zero-order valence-corrected chi connectivity index (χ0v) is 13.3. The molecule has 0 amide bonds.